The first kappa shape index (κ1) is 12.2. The van der Waals surface area contributed by atoms with Crippen LogP contribution in [0.1, 0.15) is 29.5 Å². The van der Waals surface area contributed by atoms with E-state index in [1.807, 2.05) is 6.07 Å². The molecule has 0 saturated carbocycles. The third-order valence-electron chi connectivity index (χ3n) is 4.60. The normalized spacial score (nSPS) is 14.7. The van der Waals surface area contributed by atoms with Gasteiger partial charge in [0, 0.05) is 5.02 Å². The van der Waals surface area contributed by atoms with Crippen molar-refractivity contribution in [1.82, 2.24) is 0 Å². The monoisotopic (exact) mass is 280 g/mol. The zero-order valence-corrected chi connectivity index (χ0v) is 12.4. The number of rotatable bonds is 0. The Balaban J connectivity index is 2.17. The van der Waals surface area contributed by atoms with Crippen LogP contribution in [-0.2, 0) is 12.8 Å². The summed E-state index contributed by atoms with van der Waals surface area (Å²) in [5.74, 6) is 0. The first-order valence-corrected chi connectivity index (χ1v) is 7.75. The van der Waals surface area contributed by atoms with Crippen molar-refractivity contribution in [3.63, 3.8) is 0 Å². The maximum Gasteiger partial charge on any atom is 0.0412 e. The number of aryl methyl sites for hydroxylation is 3. The highest BCUT2D eigenvalue weighted by molar-refractivity contribution is 6.31. The molecule has 1 aliphatic carbocycles. The van der Waals surface area contributed by atoms with Crippen molar-refractivity contribution in [2.45, 2.75) is 32.6 Å². The van der Waals surface area contributed by atoms with Gasteiger partial charge in [0.1, 0.15) is 0 Å². The summed E-state index contributed by atoms with van der Waals surface area (Å²) >= 11 is 6.13. The van der Waals surface area contributed by atoms with E-state index >= 15 is 0 Å². The molecule has 0 N–H and O–H groups in total. The van der Waals surface area contributed by atoms with Gasteiger partial charge in [-0.2, -0.15) is 0 Å². The summed E-state index contributed by atoms with van der Waals surface area (Å²) in [6, 6.07) is 13.2. The van der Waals surface area contributed by atoms with Gasteiger partial charge < -0.3 is 0 Å². The van der Waals surface area contributed by atoms with E-state index < -0.39 is 0 Å². The molecule has 100 valence electrons. The van der Waals surface area contributed by atoms with Gasteiger partial charge >= 0.3 is 0 Å². The van der Waals surface area contributed by atoms with Crippen LogP contribution in [0.2, 0.25) is 5.02 Å². The molecule has 0 heterocycles. The van der Waals surface area contributed by atoms with Crippen LogP contribution in [0.3, 0.4) is 0 Å². The fourth-order valence-electron chi connectivity index (χ4n) is 3.71. The minimum Gasteiger partial charge on any atom is -0.0843 e. The van der Waals surface area contributed by atoms with Crippen molar-refractivity contribution in [1.29, 1.82) is 0 Å². The summed E-state index contributed by atoms with van der Waals surface area (Å²) in [6.07, 6.45) is 5.13. The highest BCUT2D eigenvalue weighted by atomic mass is 35.5. The predicted octanol–water partition coefficient (Wildman–Crippen LogP) is 5.83. The molecule has 0 radical (unpaired) electrons. The topological polar surface area (TPSA) is 0 Å². The second-order valence-electron chi connectivity index (χ2n) is 5.89. The summed E-state index contributed by atoms with van der Waals surface area (Å²) in [7, 11) is 0. The van der Waals surface area contributed by atoms with Gasteiger partial charge in [-0.25, -0.2) is 0 Å². The molecule has 0 aliphatic heterocycles. The number of halogens is 1. The van der Waals surface area contributed by atoms with Crippen molar-refractivity contribution < 1.29 is 0 Å². The number of hydrogen-bond acceptors (Lipinski definition) is 0. The van der Waals surface area contributed by atoms with E-state index in [1.165, 1.54) is 52.8 Å². The lowest BCUT2D eigenvalue weighted by Crippen LogP contribution is -2.04. The molecule has 0 fully saturated rings. The largest absolute Gasteiger partial charge is 0.0843 e. The summed E-state index contributed by atoms with van der Waals surface area (Å²) in [5, 5.41) is 6.25. The van der Waals surface area contributed by atoms with Gasteiger partial charge in [-0.05, 0) is 83.0 Å². The molecule has 0 unspecified atom stereocenters. The van der Waals surface area contributed by atoms with Crippen LogP contribution >= 0.6 is 11.6 Å². The molecule has 0 atom stereocenters. The lowest BCUT2D eigenvalue weighted by Gasteiger charge is -2.20. The average Bonchev–Trinajstić information content (AvgIpc) is 2.46. The molecule has 0 saturated heterocycles. The van der Waals surface area contributed by atoms with Crippen LogP contribution in [0.5, 0.6) is 0 Å². The summed E-state index contributed by atoms with van der Waals surface area (Å²) < 4.78 is 0. The van der Waals surface area contributed by atoms with E-state index in [2.05, 4.69) is 37.3 Å². The van der Waals surface area contributed by atoms with Gasteiger partial charge in [-0.3, -0.25) is 0 Å². The van der Waals surface area contributed by atoms with Crippen molar-refractivity contribution in [2.24, 2.45) is 0 Å². The van der Waals surface area contributed by atoms with E-state index in [1.54, 1.807) is 11.1 Å². The Morgan fingerprint density at radius 1 is 0.900 bits per heavy atom. The molecule has 20 heavy (non-hydrogen) atoms. The van der Waals surface area contributed by atoms with Crippen LogP contribution in [0.15, 0.2) is 36.4 Å². The van der Waals surface area contributed by atoms with Crippen LogP contribution in [0, 0.1) is 6.92 Å². The lowest BCUT2D eigenvalue weighted by atomic mass is 9.84. The smallest absolute Gasteiger partial charge is 0.0412 e. The second-order valence-corrected chi connectivity index (χ2v) is 6.33. The van der Waals surface area contributed by atoms with Crippen molar-refractivity contribution in [3.05, 3.63) is 58.1 Å². The Bertz CT molecular complexity index is 830. The fourth-order valence-corrected chi connectivity index (χ4v) is 3.89. The molecule has 3 aromatic rings. The van der Waals surface area contributed by atoms with E-state index in [0.717, 1.165) is 5.02 Å². The standard InChI is InChI=1S/C19H17Cl/c1-12-10-13-4-2-3-5-16(13)18-8-6-14-11-15(20)7-9-17(14)19(12)18/h6-11H,2-5H2,1H3. The summed E-state index contributed by atoms with van der Waals surface area (Å²) in [5.41, 5.74) is 4.54. The van der Waals surface area contributed by atoms with E-state index in [-0.39, 0.29) is 0 Å². The van der Waals surface area contributed by atoms with Gasteiger partial charge in [-0.1, -0.05) is 35.9 Å². The van der Waals surface area contributed by atoms with Gasteiger partial charge in [0.2, 0.25) is 0 Å². The fraction of sp³-hybridized carbons (Fsp3) is 0.263. The molecule has 0 spiro atoms. The van der Waals surface area contributed by atoms with Crippen LogP contribution in [-0.4, -0.2) is 0 Å². The summed E-state index contributed by atoms with van der Waals surface area (Å²) in [4.78, 5) is 0. The van der Waals surface area contributed by atoms with Gasteiger partial charge in [0.15, 0.2) is 0 Å². The van der Waals surface area contributed by atoms with Crippen molar-refractivity contribution in [3.8, 4) is 0 Å². The minimum absolute atomic E-state index is 0.812. The minimum atomic E-state index is 0.812. The second kappa shape index (κ2) is 4.49. The maximum absolute atomic E-state index is 6.13. The van der Waals surface area contributed by atoms with E-state index in [9.17, 15) is 0 Å². The highest BCUT2D eigenvalue weighted by Gasteiger charge is 2.15. The average molecular weight is 281 g/mol. The van der Waals surface area contributed by atoms with Gasteiger partial charge in [0.05, 0.1) is 0 Å². The zero-order valence-electron chi connectivity index (χ0n) is 11.7. The molecule has 0 nitrogen and oxygen atoms in total. The maximum atomic E-state index is 6.13. The van der Waals surface area contributed by atoms with Gasteiger partial charge in [-0.15, -0.1) is 0 Å². The first-order chi connectivity index (χ1) is 9.74. The number of hydrogen-bond donors (Lipinski definition) is 0. The van der Waals surface area contributed by atoms with E-state index in [0.29, 0.717) is 0 Å². The predicted molar refractivity (Wildman–Crippen MR) is 87.8 cm³/mol. The third kappa shape index (κ3) is 1.75. The number of benzene rings is 3. The lowest BCUT2D eigenvalue weighted by molar-refractivity contribution is 0.689. The summed E-state index contributed by atoms with van der Waals surface area (Å²) in [6.45, 7) is 2.24. The molecule has 1 aliphatic rings. The first-order valence-electron chi connectivity index (χ1n) is 7.37. The van der Waals surface area contributed by atoms with Crippen molar-refractivity contribution in [2.75, 3.05) is 0 Å². The molecular formula is C19H17Cl. The molecule has 0 amide bonds. The van der Waals surface area contributed by atoms with E-state index in [4.69, 9.17) is 11.6 Å². The Kier molecular flexibility index (Phi) is 2.75. The molecule has 3 aromatic carbocycles. The van der Waals surface area contributed by atoms with Crippen LogP contribution < -0.4 is 0 Å². The molecule has 0 aromatic heterocycles. The third-order valence-corrected chi connectivity index (χ3v) is 4.84. The molecular weight excluding hydrogens is 264 g/mol. The molecule has 4 rings (SSSR count). The highest BCUT2D eigenvalue weighted by Crippen LogP contribution is 2.36. The Hall–Kier alpha value is -1.53. The zero-order chi connectivity index (χ0) is 13.7. The van der Waals surface area contributed by atoms with Crippen molar-refractivity contribution >= 4 is 33.1 Å². The quantitative estimate of drug-likeness (QED) is 0.454. The van der Waals surface area contributed by atoms with Crippen LogP contribution in [0.25, 0.3) is 21.5 Å². The molecule has 0 bridgehead atoms. The number of fused-ring (bicyclic) bond motifs is 5. The Labute approximate surface area is 124 Å². The van der Waals surface area contributed by atoms with Gasteiger partial charge in [0.25, 0.3) is 0 Å². The van der Waals surface area contributed by atoms with Crippen LogP contribution in [0.4, 0.5) is 0 Å². The Morgan fingerprint density at radius 2 is 1.70 bits per heavy atom. The molecule has 1 heteroatoms. The SMILES string of the molecule is Cc1cc2c(c3ccc4cc(Cl)ccc4c13)CCCC2. The Morgan fingerprint density at radius 3 is 2.60 bits per heavy atom.